The molecule has 2 rings (SSSR count). The Kier molecular flexibility index (Phi) is 5.10. The molecule has 0 aliphatic heterocycles. The molecule has 1 aromatic carbocycles. The number of hydrogen-bond donors (Lipinski definition) is 1. The Labute approximate surface area is 121 Å². The quantitative estimate of drug-likeness (QED) is 0.858. The first kappa shape index (κ1) is 14.5. The number of rotatable bonds is 6. The van der Waals surface area contributed by atoms with E-state index in [0.717, 1.165) is 48.7 Å². The van der Waals surface area contributed by atoms with E-state index in [4.69, 9.17) is 4.98 Å². The maximum Gasteiger partial charge on any atom is 0.162 e. The van der Waals surface area contributed by atoms with Crippen LogP contribution in [0.2, 0.25) is 0 Å². The zero-order chi connectivity index (χ0) is 14.4. The Hall–Kier alpha value is -1.90. The summed E-state index contributed by atoms with van der Waals surface area (Å²) in [6.45, 7) is 7.30. The van der Waals surface area contributed by atoms with Crippen molar-refractivity contribution in [2.24, 2.45) is 0 Å². The molecule has 0 amide bonds. The van der Waals surface area contributed by atoms with Crippen molar-refractivity contribution in [1.82, 2.24) is 9.97 Å². The minimum atomic E-state index is 0.837. The minimum absolute atomic E-state index is 0.837. The minimum Gasteiger partial charge on any atom is -0.370 e. The van der Waals surface area contributed by atoms with Gasteiger partial charge in [-0.15, -0.1) is 0 Å². The summed E-state index contributed by atoms with van der Waals surface area (Å²) in [6.07, 6.45) is 3.08. The molecule has 0 aliphatic rings. The second-order valence-corrected chi connectivity index (χ2v) is 4.86. The number of benzene rings is 1. The summed E-state index contributed by atoms with van der Waals surface area (Å²) in [5.74, 6) is 1.76. The van der Waals surface area contributed by atoms with Gasteiger partial charge in [0.1, 0.15) is 5.82 Å². The fourth-order valence-electron chi connectivity index (χ4n) is 2.32. The molecule has 0 spiro atoms. The van der Waals surface area contributed by atoms with Crippen molar-refractivity contribution in [1.29, 1.82) is 0 Å². The van der Waals surface area contributed by atoms with Crippen LogP contribution >= 0.6 is 0 Å². The van der Waals surface area contributed by atoms with E-state index < -0.39 is 0 Å². The summed E-state index contributed by atoms with van der Waals surface area (Å²) in [5.41, 5.74) is 3.55. The molecule has 0 bridgehead atoms. The van der Waals surface area contributed by atoms with Gasteiger partial charge < -0.3 is 5.32 Å². The molecule has 20 heavy (non-hydrogen) atoms. The van der Waals surface area contributed by atoms with Crippen LogP contribution in [-0.4, -0.2) is 16.5 Å². The van der Waals surface area contributed by atoms with Gasteiger partial charge in [0.25, 0.3) is 0 Å². The van der Waals surface area contributed by atoms with Gasteiger partial charge in [-0.25, -0.2) is 9.97 Å². The van der Waals surface area contributed by atoms with Crippen molar-refractivity contribution in [3.05, 3.63) is 41.6 Å². The molecule has 0 atom stereocenters. The summed E-state index contributed by atoms with van der Waals surface area (Å²) in [7, 11) is 0. The van der Waals surface area contributed by atoms with Gasteiger partial charge in [0.05, 0.1) is 0 Å². The van der Waals surface area contributed by atoms with E-state index in [1.54, 1.807) is 0 Å². The van der Waals surface area contributed by atoms with Crippen molar-refractivity contribution in [3.8, 4) is 11.4 Å². The molecule has 0 radical (unpaired) electrons. The SMILES string of the molecule is CCCc1cc(NCC)nc(-c2ccccc2CC)n1. The van der Waals surface area contributed by atoms with Crippen LogP contribution in [0.5, 0.6) is 0 Å². The number of hydrogen-bond acceptors (Lipinski definition) is 3. The Morgan fingerprint density at radius 2 is 1.85 bits per heavy atom. The predicted molar refractivity (Wildman–Crippen MR) is 85.0 cm³/mol. The maximum absolute atomic E-state index is 4.73. The average molecular weight is 269 g/mol. The molecule has 3 heteroatoms. The van der Waals surface area contributed by atoms with Crippen LogP contribution in [-0.2, 0) is 12.8 Å². The number of nitrogens with one attached hydrogen (secondary N) is 1. The molecule has 1 N–H and O–H groups in total. The predicted octanol–water partition coefficient (Wildman–Crippen LogP) is 4.09. The van der Waals surface area contributed by atoms with E-state index in [1.807, 2.05) is 0 Å². The highest BCUT2D eigenvalue weighted by Gasteiger charge is 2.09. The molecule has 0 aliphatic carbocycles. The number of anilines is 1. The summed E-state index contributed by atoms with van der Waals surface area (Å²) in [4.78, 5) is 9.40. The van der Waals surface area contributed by atoms with E-state index in [2.05, 4.69) is 61.4 Å². The fourth-order valence-corrected chi connectivity index (χ4v) is 2.32. The first-order valence-corrected chi connectivity index (χ1v) is 7.48. The third-order valence-electron chi connectivity index (χ3n) is 3.28. The Morgan fingerprint density at radius 3 is 2.55 bits per heavy atom. The normalized spacial score (nSPS) is 10.6. The lowest BCUT2D eigenvalue weighted by molar-refractivity contribution is 0.874. The number of aryl methyl sites for hydroxylation is 2. The van der Waals surface area contributed by atoms with Crippen LogP contribution in [0, 0.1) is 0 Å². The standard InChI is InChI=1S/C17H23N3/c1-4-9-14-12-16(18-6-3)20-17(19-14)15-11-8-7-10-13(15)5-2/h7-8,10-12H,4-6,9H2,1-3H3,(H,18,19,20). The molecule has 0 saturated carbocycles. The van der Waals surface area contributed by atoms with Gasteiger partial charge in [-0.3, -0.25) is 0 Å². The smallest absolute Gasteiger partial charge is 0.162 e. The Balaban J connectivity index is 2.48. The molecular formula is C17H23N3. The van der Waals surface area contributed by atoms with Gasteiger partial charge in [-0.05, 0) is 25.3 Å². The van der Waals surface area contributed by atoms with Crippen molar-refractivity contribution >= 4 is 5.82 Å². The van der Waals surface area contributed by atoms with E-state index in [-0.39, 0.29) is 0 Å². The van der Waals surface area contributed by atoms with Gasteiger partial charge >= 0.3 is 0 Å². The van der Waals surface area contributed by atoms with Crippen LogP contribution in [0.15, 0.2) is 30.3 Å². The fraction of sp³-hybridized carbons (Fsp3) is 0.412. The van der Waals surface area contributed by atoms with Gasteiger partial charge in [0.2, 0.25) is 0 Å². The van der Waals surface area contributed by atoms with E-state index in [0.29, 0.717) is 0 Å². The summed E-state index contributed by atoms with van der Waals surface area (Å²) in [5, 5.41) is 3.30. The molecule has 0 fully saturated rings. The molecule has 106 valence electrons. The van der Waals surface area contributed by atoms with Crippen LogP contribution in [0.4, 0.5) is 5.82 Å². The van der Waals surface area contributed by atoms with Crippen LogP contribution < -0.4 is 5.32 Å². The highest BCUT2D eigenvalue weighted by molar-refractivity contribution is 5.62. The van der Waals surface area contributed by atoms with E-state index >= 15 is 0 Å². The van der Waals surface area contributed by atoms with Crippen molar-refractivity contribution in [2.45, 2.75) is 40.0 Å². The van der Waals surface area contributed by atoms with Gasteiger partial charge in [0.15, 0.2) is 5.82 Å². The second kappa shape index (κ2) is 7.04. The molecule has 1 aromatic heterocycles. The first-order valence-electron chi connectivity index (χ1n) is 7.48. The Bertz CT molecular complexity index is 540. The van der Waals surface area contributed by atoms with Crippen molar-refractivity contribution in [2.75, 3.05) is 11.9 Å². The molecule has 3 nitrogen and oxygen atoms in total. The van der Waals surface area contributed by atoms with Gasteiger partial charge in [-0.1, -0.05) is 44.5 Å². The molecule has 1 heterocycles. The average Bonchev–Trinajstić information content (AvgIpc) is 2.47. The second-order valence-electron chi connectivity index (χ2n) is 4.86. The molecule has 0 saturated heterocycles. The van der Waals surface area contributed by atoms with Crippen LogP contribution in [0.3, 0.4) is 0 Å². The lowest BCUT2D eigenvalue weighted by Crippen LogP contribution is -2.05. The van der Waals surface area contributed by atoms with Crippen LogP contribution in [0.25, 0.3) is 11.4 Å². The monoisotopic (exact) mass is 269 g/mol. The number of aromatic nitrogens is 2. The molecule has 2 aromatic rings. The topological polar surface area (TPSA) is 37.8 Å². The summed E-state index contributed by atoms with van der Waals surface area (Å²) >= 11 is 0. The van der Waals surface area contributed by atoms with Crippen LogP contribution in [0.1, 0.15) is 38.4 Å². The lowest BCUT2D eigenvalue weighted by atomic mass is 10.0. The molecule has 0 unspecified atom stereocenters. The lowest BCUT2D eigenvalue weighted by Gasteiger charge is -2.11. The third kappa shape index (κ3) is 3.35. The zero-order valence-electron chi connectivity index (χ0n) is 12.6. The Morgan fingerprint density at radius 1 is 1.05 bits per heavy atom. The van der Waals surface area contributed by atoms with E-state index in [9.17, 15) is 0 Å². The number of nitrogens with zero attached hydrogens (tertiary/aromatic N) is 2. The summed E-state index contributed by atoms with van der Waals surface area (Å²) < 4.78 is 0. The highest BCUT2D eigenvalue weighted by Crippen LogP contribution is 2.23. The first-order chi connectivity index (χ1) is 9.78. The zero-order valence-corrected chi connectivity index (χ0v) is 12.6. The third-order valence-corrected chi connectivity index (χ3v) is 3.28. The largest absolute Gasteiger partial charge is 0.370 e. The van der Waals surface area contributed by atoms with E-state index in [1.165, 1.54) is 5.56 Å². The van der Waals surface area contributed by atoms with Gasteiger partial charge in [-0.2, -0.15) is 0 Å². The summed E-state index contributed by atoms with van der Waals surface area (Å²) in [6, 6.07) is 10.4. The van der Waals surface area contributed by atoms with Gasteiger partial charge in [0, 0.05) is 23.9 Å². The highest BCUT2D eigenvalue weighted by atomic mass is 15.0. The van der Waals surface area contributed by atoms with Crippen molar-refractivity contribution < 1.29 is 0 Å². The maximum atomic E-state index is 4.73. The van der Waals surface area contributed by atoms with Crippen molar-refractivity contribution in [3.63, 3.8) is 0 Å². The molecular weight excluding hydrogens is 246 g/mol.